The van der Waals surface area contributed by atoms with Crippen molar-refractivity contribution in [1.29, 1.82) is 0 Å². The third-order valence-electron chi connectivity index (χ3n) is 2.21. The minimum Gasteiger partial charge on any atom is -0.481 e. The molecule has 1 rings (SSSR count). The summed E-state index contributed by atoms with van der Waals surface area (Å²) in [5.74, 6) is -1.13. The Morgan fingerprint density at radius 1 is 1.50 bits per heavy atom. The van der Waals surface area contributed by atoms with Gasteiger partial charge in [0.05, 0.1) is 12.5 Å². The summed E-state index contributed by atoms with van der Waals surface area (Å²) >= 11 is 1.61. The second-order valence-corrected chi connectivity index (χ2v) is 5.18. The van der Waals surface area contributed by atoms with Crippen LogP contribution in [-0.2, 0) is 9.59 Å². The maximum Gasteiger partial charge on any atom is 0.305 e. The molecule has 0 aromatic carbocycles. The van der Waals surface area contributed by atoms with Crippen LogP contribution in [0.15, 0.2) is 6.07 Å². The maximum atomic E-state index is 11.0. The molecule has 1 aromatic heterocycles. The normalized spacial score (nSPS) is 12.2. The Balaban J connectivity index is 2.95. The molecule has 16 heavy (non-hydrogen) atoms. The van der Waals surface area contributed by atoms with Crippen LogP contribution < -0.4 is 5.32 Å². The molecular weight excluding hydrogens is 226 g/mol. The molecule has 0 unspecified atom stereocenters. The average Bonchev–Trinajstić information content (AvgIpc) is 2.42. The van der Waals surface area contributed by atoms with Gasteiger partial charge in [-0.15, -0.1) is 11.3 Å². The van der Waals surface area contributed by atoms with Crippen molar-refractivity contribution in [3.05, 3.63) is 21.4 Å². The van der Waals surface area contributed by atoms with Gasteiger partial charge in [0.25, 0.3) is 0 Å². The van der Waals surface area contributed by atoms with E-state index in [1.165, 1.54) is 6.92 Å². The molecule has 1 atom stereocenters. The van der Waals surface area contributed by atoms with Crippen molar-refractivity contribution in [2.24, 2.45) is 0 Å². The van der Waals surface area contributed by atoms with Crippen molar-refractivity contribution in [1.82, 2.24) is 5.32 Å². The molecule has 0 aliphatic carbocycles. The van der Waals surface area contributed by atoms with Gasteiger partial charge in [-0.1, -0.05) is 0 Å². The van der Waals surface area contributed by atoms with E-state index < -0.39 is 12.0 Å². The highest BCUT2D eigenvalue weighted by atomic mass is 32.1. The van der Waals surface area contributed by atoms with E-state index in [1.54, 1.807) is 11.3 Å². The largest absolute Gasteiger partial charge is 0.481 e. The molecule has 0 saturated carbocycles. The Kier molecular flexibility index (Phi) is 4.06. The Labute approximate surface area is 98.3 Å². The molecule has 1 heterocycles. The molecule has 0 fully saturated rings. The zero-order valence-electron chi connectivity index (χ0n) is 9.53. The van der Waals surface area contributed by atoms with Crippen LogP contribution in [-0.4, -0.2) is 17.0 Å². The highest BCUT2D eigenvalue weighted by molar-refractivity contribution is 7.12. The highest BCUT2D eigenvalue weighted by Gasteiger charge is 2.19. The zero-order chi connectivity index (χ0) is 12.3. The van der Waals surface area contributed by atoms with Crippen LogP contribution in [0.25, 0.3) is 0 Å². The summed E-state index contributed by atoms with van der Waals surface area (Å²) in [6.45, 7) is 5.29. The molecule has 0 aliphatic rings. The van der Waals surface area contributed by atoms with Gasteiger partial charge in [-0.05, 0) is 25.5 Å². The van der Waals surface area contributed by atoms with E-state index in [9.17, 15) is 9.59 Å². The van der Waals surface area contributed by atoms with Crippen molar-refractivity contribution < 1.29 is 14.7 Å². The Hall–Kier alpha value is -1.36. The van der Waals surface area contributed by atoms with Crippen LogP contribution in [0.5, 0.6) is 0 Å². The van der Waals surface area contributed by atoms with Crippen LogP contribution in [0.1, 0.15) is 34.7 Å². The van der Waals surface area contributed by atoms with E-state index in [0.29, 0.717) is 0 Å². The number of hydrogen-bond acceptors (Lipinski definition) is 3. The fraction of sp³-hybridized carbons (Fsp3) is 0.455. The molecule has 5 heteroatoms. The van der Waals surface area contributed by atoms with Crippen LogP contribution in [0.2, 0.25) is 0 Å². The van der Waals surface area contributed by atoms with Crippen LogP contribution in [0.3, 0.4) is 0 Å². The molecule has 2 N–H and O–H groups in total. The number of thiophene rings is 1. The van der Waals surface area contributed by atoms with Crippen LogP contribution >= 0.6 is 11.3 Å². The van der Waals surface area contributed by atoms with Gasteiger partial charge in [0, 0.05) is 16.7 Å². The number of amides is 1. The number of aryl methyl sites for hydroxylation is 2. The lowest BCUT2D eigenvalue weighted by Gasteiger charge is -2.15. The monoisotopic (exact) mass is 241 g/mol. The van der Waals surface area contributed by atoms with E-state index >= 15 is 0 Å². The number of nitrogens with one attached hydrogen (secondary N) is 1. The first kappa shape index (κ1) is 12.7. The number of rotatable bonds is 4. The van der Waals surface area contributed by atoms with Crippen molar-refractivity contribution in [3.8, 4) is 0 Å². The van der Waals surface area contributed by atoms with Crippen molar-refractivity contribution in [2.75, 3.05) is 0 Å². The summed E-state index contributed by atoms with van der Waals surface area (Å²) in [6.07, 6.45) is -0.0867. The first-order valence-corrected chi connectivity index (χ1v) is 5.77. The van der Waals surface area contributed by atoms with Gasteiger partial charge >= 0.3 is 5.97 Å². The summed E-state index contributed by atoms with van der Waals surface area (Å²) in [6, 6.07) is 1.50. The summed E-state index contributed by atoms with van der Waals surface area (Å²) < 4.78 is 0. The standard InChI is InChI=1S/C11H15NO3S/c1-6-4-9(7(2)16-6)10(5-11(14)15)12-8(3)13/h4,10H,5H2,1-3H3,(H,12,13)(H,14,15)/t10-/m0/s1. The molecule has 0 radical (unpaired) electrons. The number of hydrogen-bond donors (Lipinski definition) is 2. The van der Waals surface area contributed by atoms with Crippen LogP contribution in [0, 0.1) is 13.8 Å². The summed E-state index contributed by atoms with van der Waals surface area (Å²) in [5.41, 5.74) is 0.903. The van der Waals surface area contributed by atoms with Gasteiger partial charge in [-0.25, -0.2) is 0 Å². The summed E-state index contributed by atoms with van der Waals surface area (Å²) in [7, 11) is 0. The summed E-state index contributed by atoms with van der Waals surface area (Å²) in [4.78, 5) is 23.9. The first-order chi connectivity index (χ1) is 7.40. The maximum absolute atomic E-state index is 11.0. The van der Waals surface area contributed by atoms with Gasteiger partial charge in [-0.2, -0.15) is 0 Å². The molecule has 88 valence electrons. The fourth-order valence-electron chi connectivity index (χ4n) is 1.66. The highest BCUT2D eigenvalue weighted by Crippen LogP contribution is 2.28. The van der Waals surface area contributed by atoms with Crippen molar-refractivity contribution >= 4 is 23.2 Å². The molecule has 4 nitrogen and oxygen atoms in total. The minimum absolute atomic E-state index is 0.0867. The zero-order valence-corrected chi connectivity index (χ0v) is 10.4. The third-order valence-corrected chi connectivity index (χ3v) is 3.19. The molecule has 0 bridgehead atoms. The smallest absolute Gasteiger partial charge is 0.305 e. The van der Waals surface area contributed by atoms with Gasteiger partial charge in [-0.3, -0.25) is 9.59 Å². The average molecular weight is 241 g/mol. The first-order valence-electron chi connectivity index (χ1n) is 4.96. The van der Waals surface area contributed by atoms with E-state index in [-0.39, 0.29) is 12.3 Å². The SMILES string of the molecule is CC(=O)N[C@@H](CC(=O)O)c1cc(C)sc1C. The van der Waals surface area contributed by atoms with E-state index in [1.807, 2.05) is 19.9 Å². The number of aliphatic carboxylic acids is 1. The van der Waals surface area contributed by atoms with Gasteiger partial charge in [0.15, 0.2) is 0 Å². The second kappa shape index (κ2) is 5.12. The summed E-state index contributed by atoms with van der Waals surface area (Å²) in [5, 5.41) is 11.5. The number of carboxylic acids is 1. The van der Waals surface area contributed by atoms with E-state index in [4.69, 9.17) is 5.11 Å². The predicted octanol–water partition coefficient (Wildman–Crippen LogP) is 2.02. The lowest BCUT2D eigenvalue weighted by Crippen LogP contribution is -2.28. The Morgan fingerprint density at radius 2 is 2.12 bits per heavy atom. The quantitative estimate of drug-likeness (QED) is 0.847. The Bertz CT molecular complexity index is 395. The van der Waals surface area contributed by atoms with E-state index in [2.05, 4.69) is 5.32 Å². The molecule has 0 aliphatic heterocycles. The topological polar surface area (TPSA) is 66.4 Å². The minimum atomic E-state index is -0.915. The molecular formula is C11H15NO3S. The second-order valence-electron chi connectivity index (χ2n) is 3.72. The number of carbonyl (C=O) groups is 2. The lowest BCUT2D eigenvalue weighted by atomic mass is 10.0. The van der Waals surface area contributed by atoms with Crippen molar-refractivity contribution in [2.45, 2.75) is 33.2 Å². The number of carbonyl (C=O) groups excluding carboxylic acids is 1. The van der Waals surface area contributed by atoms with E-state index in [0.717, 1.165) is 15.3 Å². The van der Waals surface area contributed by atoms with Gasteiger partial charge < -0.3 is 10.4 Å². The molecule has 1 aromatic rings. The van der Waals surface area contributed by atoms with Crippen molar-refractivity contribution in [3.63, 3.8) is 0 Å². The lowest BCUT2D eigenvalue weighted by molar-refractivity contribution is -0.137. The molecule has 0 spiro atoms. The molecule has 0 saturated heterocycles. The fourth-order valence-corrected chi connectivity index (χ4v) is 2.64. The van der Waals surface area contributed by atoms with Gasteiger partial charge in [0.2, 0.25) is 5.91 Å². The predicted molar refractivity (Wildman–Crippen MR) is 62.6 cm³/mol. The van der Waals surface area contributed by atoms with Gasteiger partial charge in [0.1, 0.15) is 0 Å². The third kappa shape index (κ3) is 3.34. The van der Waals surface area contributed by atoms with Crippen LogP contribution in [0.4, 0.5) is 0 Å². The Morgan fingerprint density at radius 3 is 2.50 bits per heavy atom. The number of carboxylic acid groups (broad SMARTS) is 1. The molecule has 1 amide bonds.